The summed E-state index contributed by atoms with van der Waals surface area (Å²) in [5.74, 6) is 4.39. The molecule has 5 rings (SSSR count). The number of aromatic nitrogens is 1. The highest BCUT2D eigenvalue weighted by Gasteiger charge is 2.55. The second-order valence-electron chi connectivity index (χ2n) is 8.10. The first kappa shape index (κ1) is 19.5. The molecule has 1 amide bonds. The lowest BCUT2D eigenvalue weighted by molar-refractivity contribution is -0.124. The van der Waals surface area contributed by atoms with E-state index >= 15 is 0 Å². The van der Waals surface area contributed by atoms with Crippen LogP contribution in [-0.2, 0) is 4.79 Å². The minimum atomic E-state index is 0.151. The molecule has 3 aliphatic rings. The van der Waals surface area contributed by atoms with Crippen LogP contribution >= 0.6 is 46.5 Å². The predicted octanol–water partition coefficient (Wildman–Crippen LogP) is 6.31. The summed E-state index contributed by atoms with van der Waals surface area (Å²) in [5, 5.41) is 1.51. The van der Waals surface area contributed by atoms with Crippen molar-refractivity contribution in [2.24, 2.45) is 17.8 Å². The van der Waals surface area contributed by atoms with Crippen LogP contribution in [0.4, 0.5) is 5.13 Å². The molecule has 7 heteroatoms. The minimum Gasteiger partial charge on any atom is -0.288 e. The number of hydrogen-bond acceptors (Lipinski definition) is 5. The summed E-state index contributed by atoms with van der Waals surface area (Å²) in [5.41, 5.74) is 0.886. The van der Waals surface area contributed by atoms with Crippen molar-refractivity contribution in [2.45, 2.75) is 43.1 Å². The average Bonchev–Trinajstić information content (AvgIpc) is 3.29. The summed E-state index contributed by atoms with van der Waals surface area (Å²) >= 11 is 12.1. The van der Waals surface area contributed by atoms with E-state index in [1.807, 2.05) is 23.1 Å². The molecule has 1 aromatic carbocycles. The van der Waals surface area contributed by atoms with Crippen LogP contribution in [0.2, 0.25) is 5.02 Å². The lowest BCUT2D eigenvalue weighted by Crippen LogP contribution is -2.50. The zero-order valence-corrected chi connectivity index (χ0v) is 19.2. The number of benzene rings is 1. The van der Waals surface area contributed by atoms with Gasteiger partial charge in [-0.25, -0.2) is 4.98 Å². The lowest BCUT2D eigenvalue weighted by Gasteiger charge is -2.52. The van der Waals surface area contributed by atoms with Crippen molar-refractivity contribution in [3.8, 4) is 0 Å². The molecule has 1 saturated heterocycles. The summed E-state index contributed by atoms with van der Waals surface area (Å²) < 4.78 is 1.50. The van der Waals surface area contributed by atoms with E-state index in [2.05, 4.69) is 30.4 Å². The van der Waals surface area contributed by atoms with Gasteiger partial charge in [-0.2, -0.15) is 0 Å². The second kappa shape index (κ2) is 7.68. The highest BCUT2D eigenvalue weighted by Crippen LogP contribution is 2.64. The van der Waals surface area contributed by atoms with E-state index in [0.29, 0.717) is 27.5 Å². The van der Waals surface area contributed by atoms with Gasteiger partial charge in [-0.05, 0) is 62.6 Å². The Kier molecular flexibility index (Phi) is 5.35. The fourth-order valence-electron chi connectivity index (χ4n) is 5.42. The highest BCUT2D eigenvalue weighted by atomic mass is 35.5. The lowest BCUT2D eigenvalue weighted by atomic mass is 9.66. The van der Waals surface area contributed by atoms with E-state index in [1.54, 1.807) is 11.3 Å². The molecule has 2 unspecified atom stereocenters. The molecule has 2 bridgehead atoms. The summed E-state index contributed by atoms with van der Waals surface area (Å²) in [6.07, 6.45) is 6.05. The van der Waals surface area contributed by atoms with Gasteiger partial charge in [-0.15, -0.1) is 23.5 Å². The number of amides is 1. The Bertz CT molecular complexity index is 879. The zero-order chi connectivity index (χ0) is 19.3. The third-order valence-electron chi connectivity index (χ3n) is 6.62. The molecule has 2 atom stereocenters. The number of carbonyl (C=O) groups is 1. The number of carbonyl (C=O) groups excluding carboxylic acids is 1. The van der Waals surface area contributed by atoms with Gasteiger partial charge in [0.05, 0.1) is 14.3 Å². The maximum absolute atomic E-state index is 13.6. The SMILES string of the molecule is CCN(C(=O)C1CC2CCCC(C1)C21SCCS1)c1nc2cc(Cl)ccc2s1. The molecule has 2 heterocycles. The van der Waals surface area contributed by atoms with Gasteiger partial charge >= 0.3 is 0 Å². The molecule has 3 fully saturated rings. The van der Waals surface area contributed by atoms with Crippen LogP contribution in [0.5, 0.6) is 0 Å². The molecule has 1 aromatic heterocycles. The third-order valence-corrected chi connectivity index (χ3v) is 11.9. The number of rotatable bonds is 3. The van der Waals surface area contributed by atoms with Gasteiger partial charge in [0.25, 0.3) is 0 Å². The largest absolute Gasteiger partial charge is 0.288 e. The number of thioether (sulfide) groups is 2. The van der Waals surface area contributed by atoms with Gasteiger partial charge in [0, 0.05) is 29.0 Å². The third kappa shape index (κ3) is 3.19. The zero-order valence-electron chi connectivity index (χ0n) is 16.0. The van der Waals surface area contributed by atoms with E-state index in [0.717, 1.165) is 28.2 Å². The number of halogens is 1. The Morgan fingerprint density at radius 3 is 2.64 bits per heavy atom. The fraction of sp³-hybridized carbons (Fsp3) is 0.619. The van der Waals surface area contributed by atoms with Gasteiger partial charge in [0.1, 0.15) is 0 Å². The highest BCUT2D eigenvalue weighted by molar-refractivity contribution is 8.21. The molecule has 0 radical (unpaired) electrons. The van der Waals surface area contributed by atoms with Crippen LogP contribution in [-0.4, -0.2) is 33.0 Å². The van der Waals surface area contributed by atoms with Gasteiger partial charge < -0.3 is 0 Å². The first-order valence-electron chi connectivity index (χ1n) is 10.3. The van der Waals surface area contributed by atoms with E-state index in [1.165, 1.54) is 30.8 Å². The molecule has 1 aliphatic heterocycles. The first-order valence-corrected chi connectivity index (χ1v) is 13.4. The van der Waals surface area contributed by atoms with Crippen molar-refractivity contribution in [2.75, 3.05) is 23.0 Å². The summed E-state index contributed by atoms with van der Waals surface area (Å²) in [6, 6.07) is 5.78. The van der Waals surface area contributed by atoms with Crippen molar-refractivity contribution >= 4 is 67.7 Å². The van der Waals surface area contributed by atoms with Crippen LogP contribution in [0, 0.1) is 17.8 Å². The molecule has 28 heavy (non-hydrogen) atoms. The van der Waals surface area contributed by atoms with E-state index in [9.17, 15) is 4.79 Å². The molecular weight excluding hydrogens is 428 g/mol. The van der Waals surface area contributed by atoms with Crippen molar-refractivity contribution < 1.29 is 4.79 Å². The molecule has 2 saturated carbocycles. The maximum atomic E-state index is 13.6. The topological polar surface area (TPSA) is 33.2 Å². The van der Waals surface area contributed by atoms with Gasteiger partial charge in [0.2, 0.25) is 5.91 Å². The molecule has 2 aliphatic carbocycles. The Labute approximate surface area is 184 Å². The smallest absolute Gasteiger partial charge is 0.231 e. The molecule has 3 nitrogen and oxygen atoms in total. The van der Waals surface area contributed by atoms with Gasteiger partial charge in [0.15, 0.2) is 5.13 Å². The van der Waals surface area contributed by atoms with Crippen LogP contribution in [0.3, 0.4) is 0 Å². The monoisotopic (exact) mass is 452 g/mol. The Balaban J connectivity index is 1.40. The number of fused-ring (bicyclic) bond motifs is 1. The molecule has 150 valence electrons. The molecule has 1 spiro atoms. The quantitative estimate of drug-likeness (QED) is 0.546. The first-order chi connectivity index (χ1) is 13.6. The minimum absolute atomic E-state index is 0.151. The Morgan fingerprint density at radius 2 is 1.96 bits per heavy atom. The summed E-state index contributed by atoms with van der Waals surface area (Å²) in [7, 11) is 0. The number of anilines is 1. The normalized spacial score (nSPS) is 28.7. The van der Waals surface area contributed by atoms with E-state index in [-0.39, 0.29) is 11.8 Å². The van der Waals surface area contributed by atoms with Crippen molar-refractivity contribution in [1.29, 1.82) is 0 Å². The summed E-state index contributed by atoms with van der Waals surface area (Å²) in [4.78, 5) is 20.2. The van der Waals surface area contributed by atoms with Crippen molar-refractivity contribution in [3.05, 3.63) is 23.2 Å². The van der Waals surface area contributed by atoms with Crippen LogP contribution in [0.15, 0.2) is 18.2 Å². The Morgan fingerprint density at radius 1 is 1.25 bits per heavy atom. The molecule has 2 aromatic rings. The van der Waals surface area contributed by atoms with Crippen molar-refractivity contribution in [3.63, 3.8) is 0 Å². The number of hydrogen-bond donors (Lipinski definition) is 0. The summed E-state index contributed by atoms with van der Waals surface area (Å²) in [6.45, 7) is 2.73. The fourth-order valence-corrected chi connectivity index (χ4v) is 10.5. The number of thiazole rings is 1. The van der Waals surface area contributed by atoms with Gasteiger partial charge in [-0.3, -0.25) is 9.69 Å². The van der Waals surface area contributed by atoms with Crippen LogP contribution < -0.4 is 4.90 Å². The van der Waals surface area contributed by atoms with E-state index < -0.39 is 0 Å². The van der Waals surface area contributed by atoms with Crippen molar-refractivity contribution in [1.82, 2.24) is 4.98 Å². The predicted molar refractivity (Wildman–Crippen MR) is 124 cm³/mol. The van der Waals surface area contributed by atoms with Crippen LogP contribution in [0.25, 0.3) is 10.2 Å². The standard InChI is InChI=1S/C21H25ClN2OS3/c1-2-24(20-23-17-12-16(22)6-7-18(17)28-20)19(25)13-10-14-4-3-5-15(11-13)21(14)26-8-9-27-21/h6-7,12-15H,2-5,8-11H2,1H3. The Hall–Kier alpha value is -0.430. The second-order valence-corrected chi connectivity index (χ2v) is 12.6. The molecule has 0 N–H and O–H groups in total. The van der Waals surface area contributed by atoms with Gasteiger partial charge in [-0.1, -0.05) is 29.4 Å². The maximum Gasteiger partial charge on any atom is 0.231 e. The number of nitrogens with zero attached hydrogens (tertiary/aromatic N) is 2. The molecular formula is C21H25ClN2OS3. The van der Waals surface area contributed by atoms with Crippen LogP contribution in [0.1, 0.15) is 39.0 Å². The average molecular weight is 453 g/mol. The van der Waals surface area contributed by atoms with E-state index in [4.69, 9.17) is 16.6 Å².